The lowest BCUT2D eigenvalue weighted by Crippen LogP contribution is -2.47. The number of anilines is 1. The molecule has 1 aliphatic rings. The van der Waals surface area contributed by atoms with Crippen LogP contribution < -0.4 is 11.1 Å². The van der Waals surface area contributed by atoms with Crippen molar-refractivity contribution in [1.82, 2.24) is 15.2 Å². The van der Waals surface area contributed by atoms with E-state index < -0.39 is 0 Å². The van der Waals surface area contributed by atoms with Gasteiger partial charge < -0.3 is 16.0 Å². The van der Waals surface area contributed by atoms with Gasteiger partial charge in [-0.25, -0.2) is 4.98 Å². The first-order valence-corrected chi connectivity index (χ1v) is 6.57. The molecule has 1 aromatic rings. The minimum atomic E-state index is 0.176. The fourth-order valence-electron chi connectivity index (χ4n) is 1.62. The SMILES string of the molecule is Nc1ccc(SCC(=O)N2CCNCC2)nc1. The molecule has 92 valence electrons. The summed E-state index contributed by atoms with van der Waals surface area (Å²) in [5.41, 5.74) is 6.19. The summed E-state index contributed by atoms with van der Waals surface area (Å²) >= 11 is 1.45. The molecular weight excluding hydrogens is 236 g/mol. The van der Waals surface area contributed by atoms with Crippen LogP contribution in [0.4, 0.5) is 5.69 Å². The number of carbonyl (C=O) groups is 1. The van der Waals surface area contributed by atoms with E-state index in [9.17, 15) is 4.79 Å². The zero-order valence-electron chi connectivity index (χ0n) is 9.56. The highest BCUT2D eigenvalue weighted by Gasteiger charge is 2.16. The van der Waals surface area contributed by atoms with Gasteiger partial charge in [-0.2, -0.15) is 0 Å². The molecule has 0 bridgehead atoms. The number of nitrogens with one attached hydrogen (secondary N) is 1. The Morgan fingerprint density at radius 2 is 2.24 bits per heavy atom. The molecule has 2 rings (SSSR count). The van der Waals surface area contributed by atoms with Crippen molar-refractivity contribution in [1.29, 1.82) is 0 Å². The van der Waals surface area contributed by atoms with E-state index in [0.717, 1.165) is 31.2 Å². The van der Waals surface area contributed by atoms with Gasteiger partial charge in [0.05, 0.1) is 22.7 Å². The normalized spacial score (nSPS) is 15.9. The Bertz CT molecular complexity index is 376. The molecule has 1 amide bonds. The average molecular weight is 252 g/mol. The Labute approximate surface area is 105 Å². The minimum Gasteiger partial charge on any atom is -0.397 e. The summed E-state index contributed by atoms with van der Waals surface area (Å²) in [6.45, 7) is 3.37. The highest BCUT2D eigenvalue weighted by molar-refractivity contribution is 7.99. The monoisotopic (exact) mass is 252 g/mol. The number of thioether (sulfide) groups is 1. The van der Waals surface area contributed by atoms with Crippen molar-refractivity contribution in [2.24, 2.45) is 0 Å². The molecule has 1 saturated heterocycles. The van der Waals surface area contributed by atoms with Crippen LogP contribution in [-0.4, -0.2) is 47.7 Å². The lowest BCUT2D eigenvalue weighted by molar-refractivity contribution is -0.128. The van der Waals surface area contributed by atoms with Gasteiger partial charge in [-0.15, -0.1) is 0 Å². The van der Waals surface area contributed by atoms with Gasteiger partial charge in [0, 0.05) is 26.2 Å². The molecule has 1 aliphatic heterocycles. The summed E-state index contributed by atoms with van der Waals surface area (Å²) in [5, 5.41) is 4.06. The number of nitrogens with zero attached hydrogens (tertiary/aromatic N) is 2. The first-order valence-electron chi connectivity index (χ1n) is 5.58. The second kappa shape index (κ2) is 5.88. The van der Waals surface area contributed by atoms with Gasteiger partial charge in [0.15, 0.2) is 0 Å². The van der Waals surface area contributed by atoms with E-state index >= 15 is 0 Å². The van der Waals surface area contributed by atoms with Crippen molar-refractivity contribution in [3.63, 3.8) is 0 Å². The molecule has 0 atom stereocenters. The van der Waals surface area contributed by atoms with Crippen molar-refractivity contribution in [3.8, 4) is 0 Å². The van der Waals surface area contributed by atoms with E-state index in [1.165, 1.54) is 11.8 Å². The fraction of sp³-hybridized carbons (Fsp3) is 0.455. The Kier molecular flexibility index (Phi) is 4.22. The zero-order chi connectivity index (χ0) is 12.1. The molecule has 0 aromatic carbocycles. The minimum absolute atomic E-state index is 0.176. The number of piperazine rings is 1. The van der Waals surface area contributed by atoms with Crippen molar-refractivity contribution in [2.45, 2.75) is 5.03 Å². The lowest BCUT2D eigenvalue weighted by Gasteiger charge is -2.27. The summed E-state index contributed by atoms with van der Waals surface area (Å²) in [4.78, 5) is 17.9. The quantitative estimate of drug-likeness (QED) is 0.751. The van der Waals surface area contributed by atoms with Gasteiger partial charge in [-0.05, 0) is 12.1 Å². The number of rotatable bonds is 3. The van der Waals surface area contributed by atoms with E-state index in [2.05, 4.69) is 10.3 Å². The molecule has 0 spiro atoms. The summed E-state index contributed by atoms with van der Waals surface area (Å²) in [7, 11) is 0. The van der Waals surface area contributed by atoms with E-state index in [0.29, 0.717) is 11.4 Å². The number of aromatic nitrogens is 1. The van der Waals surface area contributed by atoms with Gasteiger partial charge in [-0.1, -0.05) is 11.8 Å². The number of nitrogen functional groups attached to an aromatic ring is 1. The second-order valence-electron chi connectivity index (χ2n) is 3.85. The molecule has 1 aromatic heterocycles. The van der Waals surface area contributed by atoms with Crippen LogP contribution >= 0.6 is 11.8 Å². The predicted molar refractivity (Wildman–Crippen MR) is 68.8 cm³/mol. The Balaban J connectivity index is 1.81. The third kappa shape index (κ3) is 3.61. The van der Waals surface area contributed by atoms with E-state index in [-0.39, 0.29) is 5.91 Å². The predicted octanol–water partition coefficient (Wildman–Crippen LogP) is 0.188. The number of nitrogens with two attached hydrogens (primary N) is 1. The summed E-state index contributed by atoms with van der Waals surface area (Å²) < 4.78 is 0. The van der Waals surface area contributed by atoms with Crippen molar-refractivity contribution < 1.29 is 4.79 Å². The molecule has 0 unspecified atom stereocenters. The fourth-order valence-corrected chi connectivity index (χ4v) is 2.36. The number of pyridine rings is 1. The molecule has 1 fully saturated rings. The van der Waals surface area contributed by atoms with Crippen LogP contribution in [0.2, 0.25) is 0 Å². The van der Waals surface area contributed by atoms with Gasteiger partial charge in [0.2, 0.25) is 5.91 Å². The van der Waals surface area contributed by atoms with Gasteiger partial charge in [0.1, 0.15) is 0 Å². The molecular formula is C11H16N4OS. The van der Waals surface area contributed by atoms with Gasteiger partial charge in [0.25, 0.3) is 0 Å². The van der Waals surface area contributed by atoms with Crippen molar-refractivity contribution in [2.75, 3.05) is 37.7 Å². The molecule has 5 nitrogen and oxygen atoms in total. The number of hydrogen-bond donors (Lipinski definition) is 2. The highest BCUT2D eigenvalue weighted by Crippen LogP contribution is 2.16. The second-order valence-corrected chi connectivity index (χ2v) is 4.84. The first-order chi connectivity index (χ1) is 8.25. The van der Waals surface area contributed by atoms with E-state index in [1.54, 1.807) is 12.3 Å². The molecule has 0 radical (unpaired) electrons. The lowest BCUT2D eigenvalue weighted by atomic mass is 10.3. The molecule has 2 heterocycles. The van der Waals surface area contributed by atoms with Crippen molar-refractivity contribution >= 4 is 23.4 Å². The molecule has 3 N–H and O–H groups in total. The summed E-state index contributed by atoms with van der Waals surface area (Å²) in [5.74, 6) is 0.617. The van der Waals surface area contributed by atoms with Crippen LogP contribution in [0.25, 0.3) is 0 Å². The van der Waals surface area contributed by atoms with Crippen LogP contribution in [0.1, 0.15) is 0 Å². The van der Waals surface area contributed by atoms with Crippen LogP contribution in [0.5, 0.6) is 0 Å². The maximum Gasteiger partial charge on any atom is 0.233 e. The number of carbonyl (C=O) groups excluding carboxylic acids is 1. The average Bonchev–Trinajstić information content (AvgIpc) is 2.39. The summed E-state index contributed by atoms with van der Waals surface area (Å²) in [6.07, 6.45) is 1.61. The number of amides is 1. The standard InChI is InChI=1S/C11H16N4OS/c12-9-1-2-10(14-7-9)17-8-11(16)15-5-3-13-4-6-15/h1-2,7,13H,3-6,8,12H2. The maximum absolute atomic E-state index is 11.9. The van der Waals surface area contributed by atoms with Gasteiger partial charge in [-0.3, -0.25) is 4.79 Å². The van der Waals surface area contributed by atoms with E-state index in [4.69, 9.17) is 5.73 Å². The smallest absolute Gasteiger partial charge is 0.233 e. The molecule has 6 heteroatoms. The van der Waals surface area contributed by atoms with E-state index in [1.807, 2.05) is 11.0 Å². The molecule has 0 aliphatic carbocycles. The van der Waals surface area contributed by atoms with Crippen LogP contribution in [0, 0.1) is 0 Å². The third-order valence-corrected chi connectivity index (χ3v) is 3.50. The number of hydrogen-bond acceptors (Lipinski definition) is 5. The highest BCUT2D eigenvalue weighted by atomic mass is 32.2. The summed E-state index contributed by atoms with van der Waals surface area (Å²) in [6, 6.07) is 3.63. The Hall–Kier alpha value is -1.27. The topological polar surface area (TPSA) is 71.2 Å². The van der Waals surface area contributed by atoms with Crippen LogP contribution in [0.3, 0.4) is 0 Å². The van der Waals surface area contributed by atoms with Crippen LogP contribution in [0.15, 0.2) is 23.4 Å². The zero-order valence-corrected chi connectivity index (χ0v) is 10.4. The van der Waals surface area contributed by atoms with Crippen LogP contribution in [-0.2, 0) is 4.79 Å². The third-order valence-electron chi connectivity index (χ3n) is 2.57. The molecule has 0 saturated carbocycles. The maximum atomic E-state index is 11.9. The van der Waals surface area contributed by atoms with Gasteiger partial charge >= 0.3 is 0 Å². The largest absolute Gasteiger partial charge is 0.397 e. The molecule has 17 heavy (non-hydrogen) atoms. The Morgan fingerprint density at radius 3 is 2.88 bits per heavy atom. The Morgan fingerprint density at radius 1 is 1.47 bits per heavy atom. The first kappa shape index (κ1) is 12.2. The van der Waals surface area contributed by atoms with Crippen molar-refractivity contribution in [3.05, 3.63) is 18.3 Å².